The second kappa shape index (κ2) is 13.2. The number of hydrogen-bond donors (Lipinski definition) is 3. The summed E-state index contributed by atoms with van der Waals surface area (Å²) in [5.41, 5.74) is 2.38. The van der Waals surface area contributed by atoms with Gasteiger partial charge in [0.1, 0.15) is 0 Å². The zero-order valence-corrected chi connectivity index (χ0v) is 19.9. The number of carboxylic acids is 1. The SMILES string of the molecule is [B]C[C@@H]1CC(O)[C@H](C/C=C\CCCC(=O)O)[C@H]1/C=C/[C@@H](O)CCc1ccc(C)c(Br)c1. The van der Waals surface area contributed by atoms with Crippen LogP contribution in [0.2, 0.25) is 6.32 Å². The van der Waals surface area contributed by atoms with E-state index in [9.17, 15) is 15.0 Å². The van der Waals surface area contributed by atoms with Gasteiger partial charge in [0.2, 0.25) is 0 Å². The van der Waals surface area contributed by atoms with E-state index in [4.69, 9.17) is 13.0 Å². The monoisotopic (exact) mass is 488 g/mol. The lowest BCUT2D eigenvalue weighted by Crippen LogP contribution is -2.19. The Balaban J connectivity index is 1.89. The molecule has 0 amide bonds. The van der Waals surface area contributed by atoms with Crippen LogP contribution in [0.25, 0.3) is 0 Å². The fourth-order valence-electron chi connectivity index (χ4n) is 4.32. The standard InChI is InChI=1S/C25H34BBrO4/c1-17-8-9-18(14-23(17)27)10-11-20(28)12-13-21-19(16-26)15-24(29)22(21)6-4-2-3-5-7-25(30)31/h2,4,8-9,12-14,19-22,24,28-29H,3,5-7,10-11,15-16H2,1H3,(H,30,31)/b4-2-,13-12+/t19-,20-,21-,22+,24?/m0/s1. The number of aliphatic hydroxyl groups is 2. The van der Waals surface area contributed by atoms with Crippen molar-refractivity contribution in [3.8, 4) is 0 Å². The first kappa shape index (κ1) is 25.9. The van der Waals surface area contributed by atoms with Crippen molar-refractivity contribution in [1.82, 2.24) is 0 Å². The highest BCUT2D eigenvalue weighted by atomic mass is 79.9. The van der Waals surface area contributed by atoms with Gasteiger partial charge in [-0.1, -0.05) is 58.7 Å². The summed E-state index contributed by atoms with van der Waals surface area (Å²) in [7, 11) is 5.95. The number of halogens is 1. The summed E-state index contributed by atoms with van der Waals surface area (Å²) in [6.45, 7) is 2.05. The summed E-state index contributed by atoms with van der Waals surface area (Å²) in [4.78, 5) is 10.6. The molecule has 1 aliphatic rings. The van der Waals surface area contributed by atoms with Crippen LogP contribution >= 0.6 is 15.9 Å². The van der Waals surface area contributed by atoms with E-state index in [1.165, 1.54) is 11.1 Å². The highest BCUT2D eigenvalue weighted by molar-refractivity contribution is 9.10. The number of allylic oxidation sites excluding steroid dienone is 3. The van der Waals surface area contributed by atoms with Gasteiger partial charge in [-0.3, -0.25) is 4.79 Å². The predicted molar refractivity (Wildman–Crippen MR) is 129 cm³/mol. The summed E-state index contributed by atoms with van der Waals surface area (Å²) >= 11 is 3.55. The molecule has 1 aliphatic carbocycles. The molecule has 1 aromatic rings. The average molecular weight is 489 g/mol. The van der Waals surface area contributed by atoms with E-state index in [1.54, 1.807) is 0 Å². The van der Waals surface area contributed by atoms with Gasteiger partial charge in [0.15, 0.2) is 0 Å². The summed E-state index contributed by atoms with van der Waals surface area (Å²) in [5.74, 6) is -0.367. The Morgan fingerprint density at radius 3 is 2.81 bits per heavy atom. The molecule has 0 heterocycles. The van der Waals surface area contributed by atoms with E-state index >= 15 is 0 Å². The summed E-state index contributed by atoms with van der Waals surface area (Å²) < 4.78 is 1.08. The van der Waals surface area contributed by atoms with Gasteiger partial charge in [-0.2, -0.15) is 0 Å². The Kier molecular flexibility index (Phi) is 11.1. The van der Waals surface area contributed by atoms with Crippen molar-refractivity contribution in [2.75, 3.05) is 0 Å². The van der Waals surface area contributed by atoms with Crippen LogP contribution in [-0.2, 0) is 11.2 Å². The Morgan fingerprint density at radius 1 is 1.35 bits per heavy atom. The normalized spacial score (nSPS) is 24.9. The fourth-order valence-corrected chi connectivity index (χ4v) is 4.74. The van der Waals surface area contributed by atoms with Gasteiger partial charge in [-0.05, 0) is 80.4 Å². The lowest BCUT2D eigenvalue weighted by atomic mass is 9.79. The van der Waals surface area contributed by atoms with Crippen LogP contribution in [-0.4, -0.2) is 41.3 Å². The van der Waals surface area contributed by atoms with Gasteiger partial charge in [0.25, 0.3) is 0 Å². The molecule has 5 atom stereocenters. The van der Waals surface area contributed by atoms with Crippen LogP contribution in [0.3, 0.4) is 0 Å². The Bertz CT molecular complexity index is 764. The number of rotatable bonds is 12. The van der Waals surface area contributed by atoms with Crippen molar-refractivity contribution < 1.29 is 20.1 Å². The van der Waals surface area contributed by atoms with Crippen molar-refractivity contribution in [2.24, 2.45) is 17.8 Å². The molecule has 6 heteroatoms. The lowest BCUT2D eigenvalue weighted by molar-refractivity contribution is -0.137. The van der Waals surface area contributed by atoms with Gasteiger partial charge in [0, 0.05) is 10.9 Å². The molecular formula is C25H34BBrO4. The minimum atomic E-state index is -0.774. The van der Waals surface area contributed by atoms with Crippen molar-refractivity contribution in [3.05, 3.63) is 58.1 Å². The molecule has 168 valence electrons. The number of aliphatic carboxylic acids is 1. The third-order valence-corrected chi connectivity index (χ3v) is 7.09. The quantitative estimate of drug-likeness (QED) is 0.219. The first-order chi connectivity index (χ1) is 14.8. The molecule has 1 aromatic carbocycles. The third kappa shape index (κ3) is 8.59. The number of benzene rings is 1. The van der Waals surface area contributed by atoms with Gasteiger partial charge < -0.3 is 15.3 Å². The number of carboxylic acid groups (broad SMARTS) is 1. The molecule has 2 rings (SSSR count). The molecule has 0 saturated heterocycles. The Hall–Kier alpha value is -1.37. The average Bonchev–Trinajstić information content (AvgIpc) is 3.04. The van der Waals surface area contributed by atoms with E-state index in [2.05, 4.69) is 41.1 Å². The molecule has 0 spiro atoms. The second-order valence-corrected chi connectivity index (χ2v) is 9.46. The largest absolute Gasteiger partial charge is 0.481 e. The van der Waals surface area contributed by atoms with E-state index < -0.39 is 18.2 Å². The predicted octanol–water partition coefficient (Wildman–Crippen LogP) is 5.01. The molecule has 2 radical (unpaired) electrons. The first-order valence-corrected chi connectivity index (χ1v) is 12.0. The van der Waals surface area contributed by atoms with Gasteiger partial charge in [-0.25, -0.2) is 0 Å². The van der Waals surface area contributed by atoms with E-state index in [1.807, 2.05) is 24.3 Å². The second-order valence-electron chi connectivity index (χ2n) is 8.61. The molecule has 1 saturated carbocycles. The lowest BCUT2D eigenvalue weighted by Gasteiger charge is -2.21. The molecule has 0 aliphatic heterocycles. The fraction of sp³-hybridized carbons (Fsp3) is 0.560. The number of hydrogen-bond acceptors (Lipinski definition) is 3. The summed E-state index contributed by atoms with van der Waals surface area (Å²) in [6, 6.07) is 6.27. The number of aryl methyl sites for hydroxylation is 2. The molecule has 0 bridgehead atoms. The topological polar surface area (TPSA) is 77.8 Å². The maximum absolute atomic E-state index is 10.6. The molecule has 3 N–H and O–H groups in total. The smallest absolute Gasteiger partial charge is 0.303 e. The van der Waals surface area contributed by atoms with Crippen molar-refractivity contribution in [3.63, 3.8) is 0 Å². The van der Waals surface area contributed by atoms with E-state index in [0.717, 1.165) is 23.7 Å². The highest BCUT2D eigenvalue weighted by Crippen LogP contribution is 2.42. The molecule has 1 fully saturated rings. The van der Waals surface area contributed by atoms with Crippen molar-refractivity contribution >= 4 is 29.7 Å². The van der Waals surface area contributed by atoms with Crippen LogP contribution < -0.4 is 0 Å². The molecule has 4 nitrogen and oxygen atoms in total. The Morgan fingerprint density at radius 2 is 2.13 bits per heavy atom. The first-order valence-electron chi connectivity index (χ1n) is 11.2. The number of unbranched alkanes of at least 4 members (excludes halogenated alkanes) is 1. The zero-order valence-electron chi connectivity index (χ0n) is 18.3. The van der Waals surface area contributed by atoms with Gasteiger partial charge >= 0.3 is 5.97 Å². The van der Waals surface area contributed by atoms with Crippen LogP contribution in [0.15, 0.2) is 47.0 Å². The van der Waals surface area contributed by atoms with E-state index in [-0.39, 0.29) is 24.2 Å². The Labute approximate surface area is 196 Å². The van der Waals surface area contributed by atoms with Crippen molar-refractivity contribution in [2.45, 2.75) is 70.4 Å². The van der Waals surface area contributed by atoms with Crippen LogP contribution in [0, 0.1) is 24.7 Å². The molecule has 1 unspecified atom stereocenters. The third-order valence-electron chi connectivity index (χ3n) is 6.24. The molecule has 0 aromatic heterocycles. The molecular weight excluding hydrogens is 455 g/mol. The molecule has 31 heavy (non-hydrogen) atoms. The van der Waals surface area contributed by atoms with Gasteiger partial charge in [0.05, 0.1) is 20.1 Å². The van der Waals surface area contributed by atoms with Crippen molar-refractivity contribution in [1.29, 1.82) is 0 Å². The van der Waals surface area contributed by atoms with Gasteiger partial charge in [-0.15, -0.1) is 0 Å². The van der Waals surface area contributed by atoms with Crippen LogP contribution in [0.5, 0.6) is 0 Å². The number of aliphatic hydroxyl groups excluding tert-OH is 2. The summed E-state index contributed by atoms with van der Waals surface area (Å²) in [6.07, 6.45) is 11.9. The highest BCUT2D eigenvalue weighted by Gasteiger charge is 2.39. The maximum Gasteiger partial charge on any atom is 0.303 e. The summed E-state index contributed by atoms with van der Waals surface area (Å²) in [5, 5.41) is 29.7. The van der Waals surface area contributed by atoms with E-state index in [0.29, 0.717) is 25.6 Å². The van der Waals surface area contributed by atoms with Crippen LogP contribution in [0.4, 0.5) is 0 Å². The maximum atomic E-state index is 10.6. The van der Waals surface area contributed by atoms with Crippen LogP contribution in [0.1, 0.15) is 49.7 Å². The minimum absolute atomic E-state index is 0.0702. The minimum Gasteiger partial charge on any atom is -0.481 e. The number of carbonyl (C=O) groups is 1. The zero-order chi connectivity index (χ0) is 22.8.